The van der Waals surface area contributed by atoms with Gasteiger partial charge in [-0.25, -0.2) is 19.3 Å². The Balaban J connectivity index is 0.809. The summed E-state index contributed by atoms with van der Waals surface area (Å²) < 4.78 is 83.2. The predicted octanol–water partition coefficient (Wildman–Crippen LogP) is 11.4. The van der Waals surface area contributed by atoms with Crippen LogP contribution in [0, 0.1) is 23.2 Å². The number of amides is 1. The van der Waals surface area contributed by atoms with Gasteiger partial charge in [0.2, 0.25) is 0 Å². The number of halogens is 5. The van der Waals surface area contributed by atoms with Crippen LogP contribution < -0.4 is 10.4 Å². The Morgan fingerprint density at radius 2 is 1.56 bits per heavy atom. The average Bonchev–Trinajstić information content (AvgIpc) is 3.87. The monoisotopic (exact) mass is 1040 g/mol. The third-order valence-electron chi connectivity index (χ3n) is 16.7. The van der Waals surface area contributed by atoms with E-state index in [1.54, 1.807) is 11.0 Å². The second-order valence-electron chi connectivity index (χ2n) is 21.7. The number of alkyl halides is 5. The molecule has 7 atom stereocenters. The number of aliphatic hydroxyl groups excluding tert-OH is 1. The lowest BCUT2D eigenvalue weighted by molar-refractivity contribution is -0.284. The number of aromatic nitrogens is 3. The summed E-state index contributed by atoms with van der Waals surface area (Å²) in [4.78, 5) is 30.6. The lowest BCUT2D eigenvalue weighted by Gasteiger charge is -2.53. The van der Waals surface area contributed by atoms with Crippen LogP contribution in [0.25, 0.3) is 17.1 Å². The number of fused-ring (bicyclic) bond motifs is 5. The molecule has 18 heteroatoms. The number of hydrogen-bond acceptors (Lipinski definition) is 9. The van der Waals surface area contributed by atoms with E-state index in [1.807, 2.05) is 44.2 Å². The Morgan fingerprint density at radius 1 is 0.877 bits per heavy atom. The molecule has 2 saturated carbocycles. The van der Waals surface area contributed by atoms with Crippen LogP contribution in [-0.4, -0.2) is 106 Å². The molecule has 1 aromatic heterocycles. The molecule has 3 aromatic carbocycles. The van der Waals surface area contributed by atoms with Crippen molar-refractivity contribution in [2.75, 3.05) is 37.7 Å². The third-order valence-corrected chi connectivity index (χ3v) is 18.2. The van der Waals surface area contributed by atoms with E-state index in [-0.39, 0.29) is 46.6 Å². The van der Waals surface area contributed by atoms with Crippen molar-refractivity contribution < 1.29 is 51.0 Å². The summed E-state index contributed by atoms with van der Waals surface area (Å²) in [6, 6.07) is 16.7. The van der Waals surface area contributed by atoms with Crippen LogP contribution in [0.15, 0.2) is 59.4 Å². The molecule has 8 rings (SSSR count). The van der Waals surface area contributed by atoms with Crippen molar-refractivity contribution in [2.45, 2.75) is 154 Å². The average molecular weight is 1040 g/mol. The molecule has 73 heavy (non-hydrogen) atoms. The van der Waals surface area contributed by atoms with Gasteiger partial charge in [-0.15, -0.1) is 0 Å². The van der Waals surface area contributed by atoms with Crippen LogP contribution in [0.3, 0.4) is 0 Å². The number of ether oxygens (including phenoxy) is 1. The van der Waals surface area contributed by atoms with Gasteiger partial charge in [0.25, 0.3) is 0 Å². The number of H-pyrrole nitrogens is 1. The Labute approximate surface area is 427 Å². The highest BCUT2D eigenvalue weighted by Crippen LogP contribution is 2.63. The van der Waals surface area contributed by atoms with Crippen LogP contribution in [0.5, 0.6) is 17.2 Å². The van der Waals surface area contributed by atoms with Crippen molar-refractivity contribution in [1.82, 2.24) is 24.6 Å². The Kier molecular flexibility index (Phi) is 17.1. The van der Waals surface area contributed by atoms with E-state index in [0.29, 0.717) is 91.1 Å². The van der Waals surface area contributed by atoms with Crippen LogP contribution in [0.2, 0.25) is 0 Å². The van der Waals surface area contributed by atoms with E-state index < -0.39 is 41.4 Å². The minimum Gasteiger partial charge on any atom is -0.508 e. The van der Waals surface area contributed by atoms with Crippen LogP contribution in [-0.2, 0) is 23.8 Å². The number of phenols is 2. The lowest BCUT2D eigenvalue weighted by Crippen LogP contribution is -2.49. The van der Waals surface area contributed by atoms with Crippen molar-refractivity contribution in [3.63, 3.8) is 0 Å². The molecule has 0 bridgehead atoms. The highest BCUT2D eigenvalue weighted by atomic mass is 32.2. The topological polar surface area (TPSA) is 161 Å². The number of carbonyl (C=O) groups is 1. The maximum atomic E-state index is 13.6. The van der Waals surface area contributed by atoms with Gasteiger partial charge in [-0.2, -0.15) is 27.1 Å². The van der Waals surface area contributed by atoms with Crippen molar-refractivity contribution in [1.29, 1.82) is 0 Å². The predicted molar refractivity (Wildman–Crippen MR) is 271 cm³/mol. The zero-order valence-corrected chi connectivity index (χ0v) is 43.1. The second kappa shape index (κ2) is 23.0. The molecular weight excluding hydrogens is 970 g/mol. The van der Waals surface area contributed by atoms with Crippen LogP contribution in [0.4, 0.5) is 26.7 Å². The van der Waals surface area contributed by atoms with Crippen molar-refractivity contribution >= 4 is 16.9 Å². The van der Waals surface area contributed by atoms with E-state index in [2.05, 4.69) is 34.2 Å². The molecule has 0 spiro atoms. The first-order valence-electron chi connectivity index (χ1n) is 26.4. The lowest BCUT2D eigenvalue weighted by atomic mass is 9.52. The minimum atomic E-state index is -5.58. The van der Waals surface area contributed by atoms with Gasteiger partial charge in [-0.05, 0) is 139 Å². The molecule has 2 heterocycles. The molecule has 12 nitrogen and oxygen atoms in total. The van der Waals surface area contributed by atoms with Gasteiger partial charge in [-0.1, -0.05) is 77.5 Å². The van der Waals surface area contributed by atoms with Crippen LogP contribution in [0.1, 0.15) is 145 Å². The minimum absolute atomic E-state index is 0.0252. The van der Waals surface area contributed by atoms with E-state index >= 15 is 0 Å². The van der Waals surface area contributed by atoms with Crippen molar-refractivity contribution in [3.8, 4) is 34.3 Å². The van der Waals surface area contributed by atoms with Gasteiger partial charge in [0, 0.05) is 67.5 Å². The fraction of sp³-hybridized carbons (Fsp3) is 0.618. The number of aromatic hydroxyl groups is 2. The molecule has 1 amide bonds. The highest BCUT2D eigenvalue weighted by Gasteiger charge is 2.57. The van der Waals surface area contributed by atoms with Gasteiger partial charge in [0.15, 0.2) is 5.82 Å². The summed E-state index contributed by atoms with van der Waals surface area (Å²) >= 11 is 0. The molecule has 1 unspecified atom stereocenters. The van der Waals surface area contributed by atoms with Crippen molar-refractivity contribution in [2.24, 2.45) is 23.2 Å². The van der Waals surface area contributed by atoms with E-state index in [1.165, 1.54) is 21.8 Å². The molecule has 4 N–H and O–H groups in total. The number of piperazine rings is 1. The number of aliphatic hydroxyl groups is 1. The molecule has 400 valence electrons. The summed E-state index contributed by atoms with van der Waals surface area (Å²) in [6.07, 6.45) is 4.56. The maximum absolute atomic E-state index is 13.6. The Hall–Kier alpha value is -4.81. The normalized spacial score (nSPS) is 23.8. The number of carbonyl (C=O) groups excluding carboxylic acids is 1. The number of nitrogens with one attached hydrogen (secondary N) is 1. The molecular formula is C55H72F5N5O7S. The number of aromatic amines is 1. The molecule has 4 aromatic rings. The largest absolute Gasteiger partial charge is 0.508 e. The summed E-state index contributed by atoms with van der Waals surface area (Å²) in [5.74, 6) is -2.28. The molecule has 1 saturated heterocycles. The Bertz CT molecular complexity index is 2620. The molecule has 0 radical (unpaired) electrons. The Morgan fingerprint density at radius 3 is 2.26 bits per heavy atom. The summed E-state index contributed by atoms with van der Waals surface area (Å²) in [6.45, 7) is 9.10. The molecule has 3 fully saturated rings. The number of hydrogen-bond donors (Lipinski definition) is 4. The van der Waals surface area contributed by atoms with Gasteiger partial charge in [0.05, 0.1) is 17.4 Å². The quantitative estimate of drug-likeness (QED) is 0.0499. The number of nitrogens with zero attached hydrogens (tertiary/aromatic N) is 4. The third kappa shape index (κ3) is 12.3. The van der Waals surface area contributed by atoms with Gasteiger partial charge < -0.3 is 25.0 Å². The number of unbranched alkanes of at least 4 members (excludes halogenated alkanes) is 6. The first kappa shape index (κ1) is 54.5. The number of phenolic OH excluding ortho intramolecular Hbond substituents is 2. The first-order valence-corrected chi connectivity index (χ1v) is 27.9. The van der Waals surface area contributed by atoms with Gasteiger partial charge in [-0.3, -0.25) is 9.11 Å². The molecule has 3 aliphatic carbocycles. The van der Waals surface area contributed by atoms with Crippen LogP contribution >= 0.6 is 0 Å². The van der Waals surface area contributed by atoms with Crippen molar-refractivity contribution in [3.05, 3.63) is 87.3 Å². The highest BCUT2D eigenvalue weighted by molar-refractivity contribution is 7.84. The summed E-state index contributed by atoms with van der Waals surface area (Å²) in [5, 5.41) is 38.9. The fourth-order valence-corrected chi connectivity index (χ4v) is 13.7. The fourth-order valence-electron chi connectivity index (χ4n) is 12.6. The van der Waals surface area contributed by atoms with Gasteiger partial charge >= 0.3 is 23.9 Å². The van der Waals surface area contributed by atoms with E-state index in [0.717, 1.165) is 82.6 Å². The smallest absolute Gasteiger partial charge is 0.453 e. The zero-order valence-electron chi connectivity index (χ0n) is 42.3. The van der Waals surface area contributed by atoms with E-state index in [9.17, 15) is 51.1 Å². The number of benzene rings is 3. The first-order chi connectivity index (χ1) is 34.7. The summed E-state index contributed by atoms with van der Waals surface area (Å²) in [5.41, 5.74) is 4.59. The molecule has 4 aliphatic rings. The SMILES string of the molecule is CC(C)c1cc(-c2n[nH]c(=O)n2-c2ccc(CN3CCN(C(=O)Oc4ccc5c(c4)C[C@@H](CCCCCCCCCS(=O)CCCC(F)(F)C(F)(F)F)[C@@H]4[C@@H]5CC[C@]5(C)[C@@H](O)CC[C@@H]45)CC3)cc2)c(O)cc1O. The summed E-state index contributed by atoms with van der Waals surface area (Å²) in [7, 11) is -1.41. The van der Waals surface area contributed by atoms with Gasteiger partial charge in [0.1, 0.15) is 17.2 Å². The zero-order chi connectivity index (χ0) is 52.2. The maximum Gasteiger partial charge on any atom is 0.453 e. The number of rotatable bonds is 20. The molecule has 1 aliphatic heterocycles. The van der Waals surface area contributed by atoms with E-state index in [4.69, 9.17) is 4.74 Å². The standard InChI is InChI=1S/C55H72F5N5O7S/c1-35(2)43-32-44(47(67)33-46(43)66)50-61-62-51(69)65(50)39-15-13-36(14-16-39)34-63-24-26-64(27-25-63)52(70)72-40-17-18-41-38(31-40)30-37(49-42(41)21-23-53(3)45(49)19-20-48(53)68)12-9-7-5-4-6-8-10-28-73(71)29-11-22-54(56,57)55(58,59)60/h13-18,31-33,35,37,42,45,48-49,66-68H,4-12,19-30,34H2,1-3H3,(H,62,69)/t37-,42-,45+,48+,49-,53+,73?/m1/s1. The second-order valence-corrected chi connectivity index (χ2v) is 23.4.